The van der Waals surface area contributed by atoms with Gasteiger partial charge in [0.1, 0.15) is 12.3 Å². The summed E-state index contributed by atoms with van der Waals surface area (Å²) in [6.07, 6.45) is 0.814. The fourth-order valence-corrected chi connectivity index (χ4v) is 1.77. The van der Waals surface area contributed by atoms with Gasteiger partial charge in [-0.2, -0.15) is 0 Å². The third kappa shape index (κ3) is 5.73. The van der Waals surface area contributed by atoms with Crippen LogP contribution in [0.15, 0.2) is 24.3 Å². The molecule has 20 heavy (non-hydrogen) atoms. The molecule has 0 spiro atoms. The van der Waals surface area contributed by atoms with E-state index < -0.39 is 5.97 Å². The summed E-state index contributed by atoms with van der Waals surface area (Å²) in [7, 11) is 0. The average Bonchev–Trinajstić information content (AvgIpc) is 2.41. The van der Waals surface area contributed by atoms with Crippen LogP contribution < -0.4 is 10.1 Å². The predicted molar refractivity (Wildman–Crippen MR) is 75.9 cm³/mol. The quantitative estimate of drug-likeness (QED) is 0.715. The zero-order valence-electron chi connectivity index (χ0n) is 11.9. The van der Waals surface area contributed by atoms with Crippen molar-refractivity contribution in [3.05, 3.63) is 29.8 Å². The van der Waals surface area contributed by atoms with E-state index in [-0.39, 0.29) is 18.9 Å². The van der Waals surface area contributed by atoms with E-state index in [2.05, 4.69) is 19.2 Å². The molecule has 0 aliphatic carbocycles. The summed E-state index contributed by atoms with van der Waals surface area (Å²) in [5.74, 6) is -0.0906. The lowest BCUT2D eigenvalue weighted by Crippen LogP contribution is -2.29. The number of benzene rings is 1. The van der Waals surface area contributed by atoms with Crippen molar-refractivity contribution in [3.63, 3.8) is 0 Å². The van der Waals surface area contributed by atoms with Crippen LogP contribution in [-0.4, -0.2) is 30.1 Å². The molecule has 0 aliphatic heterocycles. The van der Waals surface area contributed by atoms with Gasteiger partial charge in [0, 0.05) is 6.42 Å². The summed E-state index contributed by atoms with van der Waals surface area (Å²) in [5.41, 5.74) is 1.14. The van der Waals surface area contributed by atoms with Crippen LogP contribution >= 0.6 is 0 Å². The van der Waals surface area contributed by atoms with Crippen molar-refractivity contribution in [1.29, 1.82) is 0 Å². The highest BCUT2D eigenvalue weighted by Gasteiger charge is 2.07. The Morgan fingerprint density at radius 2 is 2.00 bits per heavy atom. The number of carbonyl (C=O) groups is 2. The van der Waals surface area contributed by atoms with Crippen LogP contribution in [0.25, 0.3) is 0 Å². The van der Waals surface area contributed by atoms with Gasteiger partial charge >= 0.3 is 5.97 Å². The summed E-state index contributed by atoms with van der Waals surface area (Å²) >= 11 is 0. The van der Waals surface area contributed by atoms with Gasteiger partial charge in [0.05, 0.1) is 6.61 Å². The number of para-hydroxylation sites is 1. The minimum Gasteiger partial charge on any atom is -0.493 e. The molecule has 1 amide bonds. The zero-order chi connectivity index (χ0) is 15.0. The summed E-state index contributed by atoms with van der Waals surface area (Å²) in [4.78, 5) is 21.6. The van der Waals surface area contributed by atoms with Crippen LogP contribution in [0.2, 0.25) is 0 Å². The Bertz CT molecular complexity index is 457. The lowest BCUT2D eigenvalue weighted by atomic mass is 10.0. The number of amides is 1. The van der Waals surface area contributed by atoms with Crippen molar-refractivity contribution in [3.8, 4) is 5.75 Å². The monoisotopic (exact) mass is 279 g/mol. The van der Waals surface area contributed by atoms with Gasteiger partial charge in [-0.05, 0) is 24.0 Å². The molecule has 0 atom stereocenters. The number of rotatable bonds is 8. The van der Waals surface area contributed by atoms with Gasteiger partial charge < -0.3 is 15.2 Å². The van der Waals surface area contributed by atoms with Crippen molar-refractivity contribution >= 4 is 11.9 Å². The van der Waals surface area contributed by atoms with Crippen molar-refractivity contribution in [2.24, 2.45) is 0 Å². The molecule has 0 aromatic heterocycles. The first-order chi connectivity index (χ1) is 9.50. The lowest BCUT2D eigenvalue weighted by Gasteiger charge is -2.13. The number of hydrogen-bond donors (Lipinski definition) is 2. The summed E-state index contributed by atoms with van der Waals surface area (Å²) < 4.78 is 5.68. The molecule has 0 saturated carbocycles. The number of nitrogens with one attached hydrogen (secondary N) is 1. The topological polar surface area (TPSA) is 75.6 Å². The third-order valence-electron chi connectivity index (χ3n) is 2.78. The molecular formula is C15H21NO4. The van der Waals surface area contributed by atoms with Gasteiger partial charge in [0.25, 0.3) is 0 Å². The van der Waals surface area contributed by atoms with Gasteiger partial charge in [-0.25, -0.2) is 0 Å². The number of carboxylic acid groups (broad SMARTS) is 1. The van der Waals surface area contributed by atoms with E-state index >= 15 is 0 Å². The van der Waals surface area contributed by atoms with Gasteiger partial charge in [-0.3, -0.25) is 9.59 Å². The van der Waals surface area contributed by atoms with Crippen molar-refractivity contribution in [1.82, 2.24) is 5.32 Å². The zero-order valence-corrected chi connectivity index (χ0v) is 11.9. The van der Waals surface area contributed by atoms with Crippen LogP contribution in [0.3, 0.4) is 0 Å². The average molecular weight is 279 g/mol. The SMILES string of the molecule is CC(C)c1ccccc1OCCCC(=O)NCC(=O)O. The summed E-state index contributed by atoms with van der Waals surface area (Å²) in [5, 5.41) is 10.7. The van der Waals surface area contributed by atoms with Gasteiger partial charge in [-0.1, -0.05) is 32.0 Å². The van der Waals surface area contributed by atoms with Crippen LogP contribution in [-0.2, 0) is 9.59 Å². The maximum atomic E-state index is 11.3. The number of hydrogen-bond acceptors (Lipinski definition) is 3. The van der Waals surface area contributed by atoms with E-state index in [4.69, 9.17) is 9.84 Å². The molecule has 0 bridgehead atoms. The minimum atomic E-state index is -1.04. The normalized spacial score (nSPS) is 10.3. The number of carboxylic acids is 1. The van der Waals surface area contributed by atoms with Gasteiger partial charge in [-0.15, -0.1) is 0 Å². The molecule has 0 radical (unpaired) electrons. The van der Waals surface area contributed by atoms with Crippen LogP contribution in [0, 0.1) is 0 Å². The number of ether oxygens (including phenoxy) is 1. The van der Waals surface area contributed by atoms with Crippen molar-refractivity contribution < 1.29 is 19.4 Å². The first-order valence-electron chi connectivity index (χ1n) is 6.71. The van der Waals surface area contributed by atoms with Crippen LogP contribution in [0.1, 0.15) is 38.2 Å². The molecule has 1 aromatic rings. The predicted octanol–water partition coefficient (Wildman–Crippen LogP) is 2.17. The standard InChI is InChI=1S/C15H21NO4/c1-11(2)12-6-3-4-7-13(12)20-9-5-8-14(17)16-10-15(18)19/h3-4,6-7,11H,5,8-10H2,1-2H3,(H,16,17)(H,18,19). The molecule has 0 aliphatic rings. The first kappa shape index (κ1) is 16.0. The Morgan fingerprint density at radius 3 is 2.65 bits per heavy atom. The van der Waals surface area contributed by atoms with E-state index in [0.717, 1.165) is 11.3 Å². The molecule has 5 heteroatoms. The highest BCUT2D eigenvalue weighted by Crippen LogP contribution is 2.25. The molecule has 1 rings (SSSR count). The Kier molecular flexibility index (Phi) is 6.56. The Balaban J connectivity index is 2.31. The largest absolute Gasteiger partial charge is 0.493 e. The van der Waals surface area contributed by atoms with Crippen LogP contribution in [0.5, 0.6) is 5.75 Å². The second-order valence-electron chi connectivity index (χ2n) is 4.82. The minimum absolute atomic E-state index is 0.261. The number of carbonyl (C=O) groups excluding carboxylic acids is 1. The highest BCUT2D eigenvalue weighted by molar-refractivity contribution is 5.80. The molecule has 5 nitrogen and oxygen atoms in total. The van der Waals surface area contributed by atoms with E-state index in [9.17, 15) is 9.59 Å². The first-order valence-corrected chi connectivity index (χ1v) is 6.71. The third-order valence-corrected chi connectivity index (χ3v) is 2.78. The fourth-order valence-electron chi connectivity index (χ4n) is 1.77. The maximum absolute atomic E-state index is 11.3. The fraction of sp³-hybridized carbons (Fsp3) is 0.467. The molecule has 1 aromatic carbocycles. The Hall–Kier alpha value is -2.04. The molecule has 2 N–H and O–H groups in total. The maximum Gasteiger partial charge on any atom is 0.322 e. The molecular weight excluding hydrogens is 258 g/mol. The van der Waals surface area contributed by atoms with E-state index in [1.165, 1.54) is 0 Å². The molecule has 0 saturated heterocycles. The van der Waals surface area contributed by atoms with Crippen molar-refractivity contribution in [2.45, 2.75) is 32.6 Å². The summed E-state index contributed by atoms with van der Waals surface area (Å²) in [6.45, 7) is 4.29. The molecule has 0 fully saturated rings. The van der Waals surface area contributed by atoms with E-state index in [1.54, 1.807) is 0 Å². The molecule has 0 unspecified atom stereocenters. The van der Waals surface area contributed by atoms with E-state index in [0.29, 0.717) is 18.9 Å². The smallest absolute Gasteiger partial charge is 0.322 e. The Labute approximate surface area is 118 Å². The van der Waals surface area contributed by atoms with Gasteiger partial charge in [0.2, 0.25) is 5.91 Å². The Morgan fingerprint density at radius 1 is 1.30 bits per heavy atom. The van der Waals surface area contributed by atoms with Crippen LogP contribution in [0.4, 0.5) is 0 Å². The number of aliphatic carboxylic acids is 1. The van der Waals surface area contributed by atoms with Crippen molar-refractivity contribution in [2.75, 3.05) is 13.2 Å². The second kappa shape index (κ2) is 8.19. The highest BCUT2D eigenvalue weighted by atomic mass is 16.5. The summed E-state index contributed by atoms with van der Waals surface area (Å²) in [6, 6.07) is 7.84. The second-order valence-corrected chi connectivity index (χ2v) is 4.82. The molecule has 0 heterocycles. The molecule has 110 valence electrons. The van der Waals surface area contributed by atoms with E-state index in [1.807, 2.05) is 24.3 Å². The van der Waals surface area contributed by atoms with Gasteiger partial charge in [0.15, 0.2) is 0 Å². The lowest BCUT2D eigenvalue weighted by molar-refractivity contribution is -0.137.